The first-order chi connectivity index (χ1) is 8.58. The molecule has 1 atom stereocenters. The van der Waals surface area contributed by atoms with Crippen LogP contribution >= 0.6 is 0 Å². The van der Waals surface area contributed by atoms with Crippen molar-refractivity contribution in [3.63, 3.8) is 0 Å². The lowest BCUT2D eigenvalue weighted by molar-refractivity contribution is 0.0599. The molecule has 0 bridgehead atoms. The van der Waals surface area contributed by atoms with E-state index in [1.165, 1.54) is 13.2 Å². The van der Waals surface area contributed by atoms with Crippen LogP contribution in [0.2, 0.25) is 0 Å². The lowest BCUT2D eigenvalue weighted by Gasteiger charge is -2.16. The van der Waals surface area contributed by atoms with E-state index in [4.69, 9.17) is 15.2 Å². The minimum atomic E-state index is -0.421. The van der Waals surface area contributed by atoms with Crippen molar-refractivity contribution in [2.24, 2.45) is 0 Å². The number of esters is 1. The molecule has 0 fully saturated rings. The molecule has 1 rings (SSSR count). The zero-order chi connectivity index (χ0) is 13.5. The molecule has 0 spiro atoms. The number of ether oxygens (including phenoxy) is 3. The Hall–Kier alpha value is -1.75. The van der Waals surface area contributed by atoms with Crippen molar-refractivity contribution in [2.75, 3.05) is 26.1 Å². The number of carbonyl (C=O) groups is 1. The molecule has 5 nitrogen and oxygen atoms in total. The third-order valence-electron chi connectivity index (χ3n) is 2.32. The summed E-state index contributed by atoms with van der Waals surface area (Å²) >= 11 is 0. The number of carbonyl (C=O) groups excluding carboxylic acids is 1. The van der Waals surface area contributed by atoms with Gasteiger partial charge in [-0.2, -0.15) is 0 Å². The van der Waals surface area contributed by atoms with E-state index >= 15 is 0 Å². The maximum atomic E-state index is 11.3. The lowest BCUT2D eigenvalue weighted by atomic mass is 10.2. The van der Waals surface area contributed by atoms with E-state index < -0.39 is 5.97 Å². The van der Waals surface area contributed by atoms with Gasteiger partial charge >= 0.3 is 5.97 Å². The molecule has 5 heteroatoms. The summed E-state index contributed by atoms with van der Waals surface area (Å²) in [4.78, 5) is 11.3. The average Bonchev–Trinajstić information content (AvgIpc) is 2.37. The molecule has 2 N–H and O–H groups in total. The van der Waals surface area contributed by atoms with E-state index in [1.807, 2.05) is 13.8 Å². The van der Waals surface area contributed by atoms with E-state index in [0.29, 0.717) is 30.2 Å². The van der Waals surface area contributed by atoms with Crippen LogP contribution in [-0.4, -0.2) is 32.4 Å². The summed E-state index contributed by atoms with van der Waals surface area (Å²) in [5, 5.41) is 0. The highest BCUT2D eigenvalue weighted by Crippen LogP contribution is 2.24. The van der Waals surface area contributed by atoms with E-state index in [9.17, 15) is 4.79 Å². The van der Waals surface area contributed by atoms with Crippen LogP contribution in [-0.2, 0) is 9.47 Å². The summed E-state index contributed by atoms with van der Waals surface area (Å²) in [6.07, 6.45) is -0.101. The largest absolute Gasteiger partial charge is 0.486 e. The molecule has 0 radical (unpaired) electrons. The molecular formula is C13H19NO4. The lowest BCUT2D eigenvalue weighted by Crippen LogP contribution is -2.19. The number of benzene rings is 1. The molecule has 1 unspecified atom stereocenters. The van der Waals surface area contributed by atoms with Crippen LogP contribution in [0.1, 0.15) is 24.2 Å². The maximum absolute atomic E-state index is 11.3. The summed E-state index contributed by atoms with van der Waals surface area (Å²) < 4.78 is 15.5. The molecule has 1 aromatic rings. The second kappa shape index (κ2) is 6.86. The van der Waals surface area contributed by atoms with Crippen LogP contribution in [0, 0.1) is 0 Å². The first-order valence-corrected chi connectivity index (χ1v) is 5.80. The Bertz CT molecular complexity index is 406. The topological polar surface area (TPSA) is 70.8 Å². The number of nitrogen functional groups attached to an aromatic ring is 1. The molecule has 0 heterocycles. The van der Waals surface area contributed by atoms with Crippen molar-refractivity contribution >= 4 is 11.7 Å². The van der Waals surface area contributed by atoms with E-state index in [0.717, 1.165) is 0 Å². The van der Waals surface area contributed by atoms with Gasteiger partial charge in [-0.1, -0.05) is 0 Å². The van der Waals surface area contributed by atoms with Crippen LogP contribution in [0.5, 0.6) is 5.75 Å². The molecule has 100 valence electrons. The summed E-state index contributed by atoms with van der Waals surface area (Å²) in [7, 11) is 1.33. The SMILES string of the molecule is CCOCC(C)Oc1ccc(C(=O)OC)cc1N. The normalized spacial score (nSPS) is 11.9. The van der Waals surface area contributed by atoms with Gasteiger partial charge in [-0.15, -0.1) is 0 Å². The minimum absolute atomic E-state index is 0.101. The van der Waals surface area contributed by atoms with Gasteiger partial charge in [-0.05, 0) is 32.0 Å². The van der Waals surface area contributed by atoms with Crippen LogP contribution in [0.4, 0.5) is 5.69 Å². The van der Waals surface area contributed by atoms with Gasteiger partial charge in [0.05, 0.1) is 25.0 Å². The van der Waals surface area contributed by atoms with Crippen molar-refractivity contribution in [2.45, 2.75) is 20.0 Å². The summed E-state index contributed by atoms with van der Waals surface area (Å²) in [5.41, 5.74) is 6.62. The highest BCUT2D eigenvalue weighted by atomic mass is 16.5. The van der Waals surface area contributed by atoms with Gasteiger partial charge < -0.3 is 19.9 Å². The number of methoxy groups -OCH3 is 1. The van der Waals surface area contributed by atoms with Crippen molar-refractivity contribution < 1.29 is 19.0 Å². The minimum Gasteiger partial charge on any atom is -0.486 e. The molecule has 0 aliphatic heterocycles. The Morgan fingerprint density at radius 1 is 1.44 bits per heavy atom. The van der Waals surface area contributed by atoms with Gasteiger partial charge in [-0.3, -0.25) is 0 Å². The smallest absolute Gasteiger partial charge is 0.337 e. The molecule has 0 aromatic heterocycles. The Morgan fingerprint density at radius 2 is 2.17 bits per heavy atom. The van der Waals surface area contributed by atoms with Crippen molar-refractivity contribution in [1.29, 1.82) is 0 Å². The second-order valence-electron chi connectivity index (χ2n) is 3.83. The molecule has 18 heavy (non-hydrogen) atoms. The number of hydrogen-bond donors (Lipinski definition) is 1. The number of rotatable bonds is 6. The van der Waals surface area contributed by atoms with Crippen LogP contribution in [0.3, 0.4) is 0 Å². The predicted molar refractivity (Wildman–Crippen MR) is 68.8 cm³/mol. The summed E-state index contributed by atoms with van der Waals surface area (Å²) in [6.45, 7) is 4.95. The fourth-order valence-electron chi connectivity index (χ4n) is 1.44. The van der Waals surface area contributed by atoms with Crippen LogP contribution in [0.25, 0.3) is 0 Å². The number of hydrogen-bond acceptors (Lipinski definition) is 5. The Labute approximate surface area is 107 Å². The van der Waals surface area contributed by atoms with Gasteiger partial charge in [0.15, 0.2) is 0 Å². The molecule has 0 aliphatic rings. The van der Waals surface area contributed by atoms with Gasteiger partial charge in [0.25, 0.3) is 0 Å². The Morgan fingerprint density at radius 3 is 2.72 bits per heavy atom. The van der Waals surface area contributed by atoms with Crippen LogP contribution < -0.4 is 10.5 Å². The second-order valence-corrected chi connectivity index (χ2v) is 3.83. The highest BCUT2D eigenvalue weighted by molar-refractivity contribution is 5.90. The number of nitrogens with two attached hydrogens (primary N) is 1. The van der Waals surface area contributed by atoms with Gasteiger partial charge in [-0.25, -0.2) is 4.79 Å². The maximum Gasteiger partial charge on any atom is 0.337 e. The molecular weight excluding hydrogens is 234 g/mol. The Balaban J connectivity index is 2.70. The molecule has 0 aliphatic carbocycles. The molecule has 0 saturated carbocycles. The molecule has 1 aromatic carbocycles. The van der Waals surface area contributed by atoms with Crippen LogP contribution in [0.15, 0.2) is 18.2 Å². The molecule has 0 saturated heterocycles. The standard InChI is InChI=1S/C13H19NO4/c1-4-17-8-9(2)18-12-6-5-10(7-11(12)14)13(15)16-3/h5-7,9H,4,8,14H2,1-3H3. The quantitative estimate of drug-likeness (QED) is 0.619. The van der Waals surface area contributed by atoms with Gasteiger partial charge in [0, 0.05) is 6.61 Å². The highest BCUT2D eigenvalue weighted by Gasteiger charge is 2.11. The van der Waals surface area contributed by atoms with Gasteiger partial charge in [0.2, 0.25) is 0 Å². The average molecular weight is 253 g/mol. The first-order valence-electron chi connectivity index (χ1n) is 5.80. The van der Waals surface area contributed by atoms with Gasteiger partial charge in [0.1, 0.15) is 11.9 Å². The van der Waals surface area contributed by atoms with E-state index in [2.05, 4.69) is 4.74 Å². The third kappa shape index (κ3) is 3.92. The fourth-order valence-corrected chi connectivity index (χ4v) is 1.44. The summed E-state index contributed by atoms with van der Waals surface area (Å²) in [6, 6.07) is 4.81. The van der Waals surface area contributed by atoms with E-state index in [-0.39, 0.29) is 6.10 Å². The van der Waals surface area contributed by atoms with Crippen molar-refractivity contribution in [3.05, 3.63) is 23.8 Å². The zero-order valence-corrected chi connectivity index (χ0v) is 10.9. The monoisotopic (exact) mass is 253 g/mol. The van der Waals surface area contributed by atoms with Crippen molar-refractivity contribution in [3.8, 4) is 5.75 Å². The molecule has 0 amide bonds. The number of anilines is 1. The predicted octanol–water partition coefficient (Wildman–Crippen LogP) is 1.86. The zero-order valence-electron chi connectivity index (χ0n) is 10.9. The fraction of sp³-hybridized carbons (Fsp3) is 0.462. The Kier molecular flexibility index (Phi) is 5.45. The van der Waals surface area contributed by atoms with Crippen molar-refractivity contribution in [1.82, 2.24) is 0 Å². The first kappa shape index (κ1) is 14.3. The summed E-state index contributed by atoms with van der Waals surface area (Å²) in [5.74, 6) is 0.116. The third-order valence-corrected chi connectivity index (χ3v) is 2.32. The van der Waals surface area contributed by atoms with E-state index in [1.54, 1.807) is 12.1 Å².